The van der Waals surface area contributed by atoms with E-state index in [1.807, 2.05) is 6.29 Å². The van der Waals surface area contributed by atoms with Crippen molar-refractivity contribution in [3.63, 3.8) is 0 Å². The van der Waals surface area contributed by atoms with Crippen molar-refractivity contribution < 1.29 is 9.53 Å². The van der Waals surface area contributed by atoms with Gasteiger partial charge in [0.15, 0.2) is 5.75 Å². The van der Waals surface area contributed by atoms with Gasteiger partial charge in [0.25, 0.3) is 0 Å². The summed E-state index contributed by atoms with van der Waals surface area (Å²) in [5.74, 6) is 0.412. The van der Waals surface area contributed by atoms with Crippen molar-refractivity contribution in [2.24, 2.45) is 0 Å². The summed E-state index contributed by atoms with van der Waals surface area (Å²) in [5, 5.41) is 0. The molecule has 0 saturated heterocycles. The number of unbranched alkanes of at least 4 members (excludes halogenated alkanes) is 15. The van der Waals surface area contributed by atoms with E-state index in [4.69, 9.17) is 16.2 Å². The molecule has 0 saturated carbocycles. The van der Waals surface area contributed by atoms with E-state index in [-0.39, 0.29) is 0 Å². The minimum atomic E-state index is 0.305. The van der Waals surface area contributed by atoms with Gasteiger partial charge >= 0.3 is 0 Å². The fourth-order valence-corrected chi connectivity index (χ4v) is 3.74. The summed E-state index contributed by atoms with van der Waals surface area (Å²) in [6.45, 7) is 2.85. The van der Waals surface area contributed by atoms with Gasteiger partial charge in [0, 0.05) is 5.69 Å². The van der Waals surface area contributed by atoms with Crippen molar-refractivity contribution in [3.8, 4) is 5.75 Å². The predicted octanol–water partition coefficient (Wildman–Crippen LogP) is 6.95. The first-order chi connectivity index (χ1) is 14.2. The van der Waals surface area contributed by atoms with Crippen LogP contribution in [-0.4, -0.2) is 12.9 Å². The molecule has 1 aromatic carbocycles. The molecule has 0 unspecified atom stereocenters. The second-order valence-electron chi connectivity index (χ2n) is 8.24. The van der Waals surface area contributed by atoms with Gasteiger partial charge < -0.3 is 16.2 Å². The zero-order valence-electron chi connectivity index (χ0n) is 18.6. The van der Waals surface area contributed by atoms with E-state index < -0.39 is 0 Å². The van der Waals surface area contributed by atoms with Gasteiger partial charge in [0.05, 0.1) is 17.9 Å². The smallest absolute Gasteiger partial charge is 0.237 e. The summed E-state index contributed by atoms with van der Waals surface area (Å²) < 4.78 is 5.69. The zero-order valence-corrected chi connectivity index (χ0v) is 18.6. The van der Waals surface area contributed by atoms with Crippen molar-refractivity contribution in [3.05, 3.63) is 17.7 Å². The Morgan fingerprint density at radius 3 is 1.62 bits per heavy atom. The Morgan fingerprint density at radius 2 is 1.17 bits per heavy atom. The molecule has 4 nitrogen and oxygen atoms in total. The quantitative estimate of drug-likeness (QED) is 0.193. The van der Waals surface area contributed by atoms with E-state index in [9.17, 15) is 4.79 Å². The lowest BCUT2D eigenvalue weighted by Gasteiger charge is -2.11. The van der Waals surface area contributed by atoms with Crippen molar-refractivity contribution in [2.45, 2.75) is 110 Å². The monoisotopic (exact) mass is 403 g/mol. The average Bonchev–Trinajstić information content (AvgIpc) is 2.71. The van der Waals surface area contributed by atoms with E-state index in [1.54, 1.807) is 12.1 Å². The summed E-state index contributed by atoms with van der Waals surface area (Å²) in [7, 11) is 0. The van der Waals surface area contributed by atoms with Crippen LogP contribution in [-0.2, 0) is 4.79 Å². The van der Waals surface area contributed by atoms with Crippen molar-refractivity contribution >= 4 is 17.7 Å². The molecule has 0 aromatic heterocycles. The van der Waals surface area contributed by atoms with Crippen LogP contribution in [0.25, 0.3) is 0 Å². The Morgan fingerprint density at radius 1 is 0.724 bits per heavy atom. The number of hydrogen-bond donors (Lipinski definition) is 2. The molecule has 4 N–H and O–H groups in total. The lowest BCUT2D eigenvalue weighted by Crippen LogP contribution is -2.04. The van der Waals surface area contributed by atoms with E-state index in [1.165, 1.54) is 89.9 Å². The highest BCUT2D eigenvalue weighted by molar-refractivity contribution is 5.86. The minimum absolute atomic E-state index is 0.305. The minimum Gasteiger partial charge on any atom is -0.491 e. The summed E-state index contributed by atoms with van der Waals surface area (Å²) in [4.78, 5) is 11.0. The molecule has 0 fully saturated rings. The Hall–Kier alpha value is -1.71. The molecule has 0 spiro atoms. The largest absolute Gasteiger partial charge is 0.491 e. The van der Waals surface area contributed by atoms with Gasteiger partial charge in [-0.25, -0.2) is 0 Å². The van der Waals surface area contributed by atoms with E-state index >= 15 is 0 Å². The molecular formula is C25H43N2O2. The first-order valence-electron chi connectivity index (χ1n) is 11.9. The second-order valence-corrected chi connectivity index (χ2v) is 8.24. The third kappa shape index (κ3) is 12.5. The molecule has 1 radical (unpaired) electrons. The van der Waals surface area contributed by atoms with Gasteiger partial charge in [0.1, 0.15) is 0 Å². The lowest BCUT2D eigenvalue weighted by atomic mass is 10.0. The molecule has 0 aliphatic carbocycles. The number of hydrogen-bond acceptors (Lipinski definition) is 4. The van der Waals surface area contributed by atoms with E-state index in [2.05, 4.69) is 6.92 Å². The number of rotatable bonds is 19. The first-order valence-corrected chi connectivity index (χ1v) is 11.9. The molecule has 29 heavy (non-hydrogen) atoms. The highest BCUT2D eigenvalue weighted by atomic mass is 16.5. The van der Waals surface area contributed by atoms with Crippen LogP contribution in [0.2, 0.25) is 0 Å². The second kappa shape index (κ2) is 17.2. The standard InChI is InChI=1S/C25H43N2O2/c1-2-3-4-5-6-7-8-9-10-11-12-13-14-15-16-17-18-29-25-22(21-28)19-23(26)20-24(25)27/h19-20H,2-18,26-27H2,1H3. The summed E-state index contributed by atoms with van der Waals surface area (Å²) in [5.41, 5.74) is 12.7. The molecule has 1 rings (SSSR count). The zero-order chi connectivity index (χ0) is 21.2. The maximum atomic E-state index is 11.0. The Labute approximate surface area is 178 Å². The van der Waals surface area contributed by atoms with Gasteiger partial charge in [-0.3, -0.25) is 4.79 Å². The van der Waals surface area contributed by atoms with Gasteiger partial charge in [-0.2, -0.15) is 0 Å². The first kappa shape index (κ1) is 25.3. The summed E-state index contributed by atoms with van der Waals surface area (Å²) in [6, 6.07) is 3.16. The van der Waals surface area contributed by atoms with E-state index in [0.29, 0.717) is 29.3 Å². The highest BCUT2D eigenvalue weighted by Gasteiger charge is 2.09. The normalized spacial score (nSPS) is 10.9. The lowest BCUT2D eigenvalue weighted by molar-refractivity contribution is 0.305. The third-order valence-electron chi connectivity index (χ3n) is 5.49. The van der Waals surface area contributed by atoms with Crippen LogP contribution in [0.5, 0.6) is 5.75 Å². The highest BCUT2D eigenvalue weighted by Crippen LogP contribution is 2.28. The van der Waals surface area contributed by atoms with Crippen LogP contribution < -0.4 is 16.2 Å². The third-order valence-corrected chi connectivity index (χ3v) is 5.49. The van der Waals surface area contributed by atoms with Crippen LogP contribution >= 0.6 is 0 Å². The van der Waals surface area contributed by atoms with Gasteiger partial charge in [-0.15, -0.1) is 0 Å². The number of benzene rings is 1. The molecule has 0 heterocycles. The maximum absolute atomic E-state index is 11.0. The molecule has 165 valence electrons. The topological polar surface area (TPSA) is 78.3 Å². The molecule has 1 aromatic rings. The van der Waals surface area contributed by atoms with Crippen LogP contribution in [0.3, 0.4) is 0 Å². The van der Waals surface area contributed by atoms with Gasteiger partial charge in [-0.05, 0) is 18.6 Å². The average molecular weight is 404 g/mol. The molecule has 0 aliphatic heterocycles. The molecule has 0 atom stereocenters. The Kier molecular flexibility index (Phi) is 15.0. The SMILES string of the molecule is CCCCCCCCCCCCCCCCCCOc1c(N)cc(N)cc1[C]=O. The number of anilines is 2. The van der Waals surface area contributed by atoms with Crippen LogP contribution in [0.15, 0.2) is 12.1 Å². The maximum Gasteiger partial charge on any atom is 0.237 e. The van der Waals surface area contributed by atoms with E-state index in [0.717, 1.165) is 12.8 Å². The molecular weight excluding hydrogens is 360 g/mol. The summed E-state index contributed by atoms with van der Waals surface area (Å²) >= 11 is 0. The molecule has 0 amide bonds. The summed E-state index contributed by atoms with van der Waals surface area (Å²) in [6.07, 6.45) is 23.3. The van der Waals surface area contributed by atoms with Crippen LogP contribution in [0.1, 0.15) is 115 Å². The molecule has 4 heteroatoms. The van der Waals surface area contributed by atoms with Crippen LogP contribution in [0.4, 0.5) is 11.4 Å². The fourth-order valence-electron chi connectivity index (χ4n) is 3.74. The van der Waals surface area contributed by atoms with Crippen molar-refractivity contribution in [2.75, 3.05) is 18.1 Å². The molecule has 0 aliphatic rings. The number of carbonyl (C=O) groups excluding carboxylic acids is 1. The van der Waals surface area contributed by atoms with Crippen molar-refractivity contribution in [1.29, 1.82) is 0 Å². The number of nitrogens with two attached hydrogens (primary N) is 2. The molecule has 0 bridgehead atoms. The van der Waals surface area contributed by atoms with Gasteiger partial charge in [-0.1, -0.05) is 103 Å². The van der Waals surface area contributed by atoms with Crippen LogP contribution in [0, 0.1) is 0 Å². The van der Waals surface area contributed by atoms with Gasteiger partial charge in [0.2, 0.25) is 6.29 Å². The number of ether oxygens (including phenoxy) is 1. The Balaban J connectivity index is 1.89. The Bertz CT molecular complexity index is 546. The number of nitrogen functional groups attached to an aromatic ring is 2. The van der Waals surface area contributed by atoms with Crippen molar-refractivity contribution in [1.82, 2.24) is 0 Å². The predicted molar refractivity (Wildman–Crippen MR) is 125 cm³/mol. The fraction of sp³-hybridized carbons (Fsp3) is 0.720.